The minimum Gasteiger partial charge on any atom is -0.311 e. The van der Waals surface area contributed by atoms with Crippen LogP contribution in [0, 0.1) is 6.92 Å². The molecule has 1 heterocycles. The lowest BCUT2D eigenvalue weighted by atomic mass is 9.88. The van der Waals surface area contributed by atoms with Crippen LogP contribution in [-0.4, -0.2) is 18.6 Å². The van der Waals surface area contributed by atoms with E-state index in [-0.39, 0.29) is 0 Å². The van der Waals surface area contributed by atoms with Crippen LogP contribution in [0.3, 0.4) is 0 Å². The van der Waals surface area contributed by atoms with Gasteiger partial charge in [-0.2, -0.15) is 5.10 Å². The Hall–Kier alpha value is -1.68. The van der Waals surface area contributed by atoms with Crippen LogP contribution in [0.5, 0.6) is 0 Å². The highest BCUT2D eigenvalue weighted by Gasteiger charge is 2.36. The molecule has 1 aliphatic heterocycles. The largest absolute Gasteiger partial charge is 0.311 e. The van der Waals surface area contributed by atoms with Gasteiger partial charge in [0.05, 0.1) is 6.21 Å². The van der Waals surface area contributed by atoms with Gasteiger partial charge in [-0.1, -0.05) is 24.3 Å². The predicted octanol–water partition coefficient (Wildman–Crippen LogP) is 1.16. The van der Waals surface area contributed by atoms with E-state index in [9.17, 15) is 0 Å². The molecule has 4 heteroatoms. The van der Waals surface area contributed by atoms with Gasteiger partial charge in [0.2, 0.25) is 0 Å². The molecule has 0 aliphatic carbocycles. The zero-order valence-corrected chi connectivity index (χ0v) is 9.57. The van der Waals surface area contributed by atoms with Crippen LogP contribution < -0.4 is 11.2 Å². The van der Waals surface area contributed by atoms with E-state index < -0.39 is 5.54 Å². The van der Waals surface area contributed by atoms with Crippen molar-refractivity contribution in [3.63, 3.8) is 0 Å². The van der Waals surface area contributed by atoms with Gasteiger partial charge in [0.15, 0.2) is 0 Å². The Morgan fingerprint density at radius 1 is 1.44 bits per heavy atom. The van der Waals surface area contributed by atoms with E-state index in [4.69, 9.17) is 5.73 Å². The molecular weight excluding hydrogens is 200 g/mol. The second kappa shape index (κ2) is 4.06. The van der Waals surface area contributed by atoms with Crippen LogP contribution in [-0.2, 0) is 5.54 Å². The van der Waals surface area contributed by atoms with Crippen molar-refractivity contribution >= 4 is 12.1 Å². The Morgan fingerprint density at radius 2 is 2.19 bits per heavy atom. The van der Waals surface area contributed by atoms with Crippen LogP contribution in [0.25, 0.3) is 0 Å². The number of aliphatic imine (C=N–C) groups is 1. The molecule has 0 fully saturated rings. The summed E-state index contributed by atoms with van der Waals surface area (Å²) in [6.07, 6.45) is 1.71. The minimum absolute atomic E-state index is 0.691. The molecule has 0 saturated heterocycles. The van der Waals surface area contributed by atoms with E-state index in [2.05, 4.69) is 15.5 Å². The summed E-state index contributed by atoms with van der Waals surface area (Å²) in [7, 11) is 0. The van der Waals surface area contributed by atoms with Gasteiger partial charge in [-0.15, -0.1) is 0 Å². The van der Waals surface area contributed by atoms with Crippen molar-refractivity contribution in [3.05, 3.63) is 35.4 Å². The smallest absolute Gasteiger partial charge is 0.148 e. The maximum Gasteiger partial charge on any atom is 0.148 e. The van der Waals surface area contributed by atoms with Crippen LogP contribution in [0.15, 0.2) is 34.4 Å². The molecular formula is C12H16N4. The molecule has 1 aromatic carbocycles. The molecule has 2 rings (SSSR count). The number of rotatable bonds is 2. The van der Waals surface area contributed by atoms with Crippen LogP contribution in [0.2, 0.25) is 0 Å². The Balaban J connectivity index is 2.50. The van der Waals surface area contributed by atoms with Gasteiger partial charge in [0.1, 0.15) is 11.4 Å². The Kier molecular flexibility index (Phi) is 2.75. The standard InChI is InChI=1S/C12H16N4/c1-3-14-11-12(13,8-15-16-11)10-7-5-4-6-9(10)2/h4-8H,3,13H2,1-2H3,(H,14,16). The zero-order chi connectivity index (χ0) is 11.6. The van der Waals surface area contributed by atoms with Gasteiger partial charge in [-0.05, 0) is 25.0 Å². The average molecular weight is 216 g/mol. The first kappa shape index (κ1) is 10.8. The molecule has 0 amide bonds. The molecule has 0 radical (unpaired) electrons. The van der Waals surface area contributed by atoms with E-state index in [0.717, 1.165) is 11.1 Å². The van der Waals surface area contributed by atoms with Gasteiger partial charge >= 0.3 is 0 Å². The highest BCUT2D eigenvalue weighted by molar-refractivity contribution is 6.10. The molecule has 0 aromatic heterocycles. The summed E-state index contributed by atoms with van der Waals surface area (Å²) in [4.78, 5) is 4.35. The summed E-state index contributed by atoms with van der Waals surface area (Å²) >= 11 is 0. The van der Waals surface area contributed by atoms with E-state index in [1.165, 1.54) is 0 Å². The van der Waals surface area contributed by atoms with Crippen LogP contribution in [0.4, 0.5) is 0 Å². The molecule has 84 valence electrons. The van der Waals surface area contributed by atoms with Gasteiger partial charge < -0.3 is 5.73 Å². The number of nitrogens with one attached hydrogen (secondary N) is 1. The van der Waals surface area contributed by atoms with E-state index >= 15 is 0 Å². The molecule has 16 heavy (non-hydrogen) atoms. The lowest BCUT2D eigenvalue weighted by Gasteiger charge is -2.23. The second-order valence-electron chi connectivity index (χ2n) is 3.88. The first-order valence-electron chi connectivity index (χ1n) is 5.38. The number of hydrogen-bond acceptors (Lipinski definition) is 3. The summed E-state index contributed by atoms with van der Waals surface area (Å²) in [5, 5.41) is 4.02. The highest BCUT2D eigenvalue weighted by Crippen LogP contribution is 2.23. The number of nitrogens with two attached hydrogens (primary N) is 1. The van der Waals surface area contributed by atoms with Crippen molar-refractivity contribution in [2.24, 2.45) is 15.8 Å². The Morgan fingerprint density at radius 3 is 2.88 bits per heavy atom. The van der Waals surface area contributed by atoms with Gasteiger partial charge in [-0.25, -0.2) is 0 Å². The summed E-state index contributed by atoms with van der Waals surface area (Å²) in [5.74, 6) is 0.712. The quantitative estimate of drug-likeness (QED) is 0.779. The third kappa shape index (κ3) is 1.61. The van der Waals surface area contributed by atoms with Crippen molar-refractivity contribution in [2.45, 2.75) is 19.4 Å². The summed E-state index contributed by atoms with van der Waals surface area (Å²) in [5.41, 5.74) is 10.7. The summed E-state index contributed by atoms with van der Waals surface area (Å²) < 4.78 is 0. The number of hydrogen-bond donors (Lipinski definition) is 2. The molecule has 3 N–H and O–H groups in total. The van der Waals surface area contributed by atoms with Gasteiger partial charge in [-0.3, -0.25) is 10.4 Å². The number of nitrogens with zero attached hydrogens (tertiary/aromatic N) is 2. The molecule has 1 unspecified atom stereocenters. The molecule has 4 nitrogen and oxygen atoms in total. The monoisotopic (exact) mass is 216 g/mol. The van der Waals surface area contributed by atoms with Gasteiger partial charge in [0, 0.05) is 6.54 Å². The molecule has 1 aromatic rings. The minimum atomic E-state index is -0.707. The average Bonchev–Trinajstić information content (AvgIpc) is 2.63. The number of hydrazone groups is 1. The number of aryl methyl sites for hydroxylation is 1. The molecule has 0 bridgehead atoms. The fourth-order valence-corrected chi connectivity index (χ4v) is 1.91. The van der Waals surface area contributed by atoms with Crippen molar-refractivity contribution in [1.29, 1.82) is 0 Å². The maximum absolute atomic E-state index is 6.37. The SMILES string of the molecule is CCN=C1NN=CC1(N)c1ccccc1C. The lowest BCUT2D eigenvalue weighted by Crippen LogP contribution is -2.47. The molecule has 0 spiro atoms. The fourth-order valence-electron chi connectivity index (χ4n) is 1.91. The normalized spacial score (nSPS) is 26.1. The van der Waals surface area contributed by atoms with Crippen LogP contribution >= 0.6 is 0 Å². The Bertz CT molecular complexity index is 450. The summed E-state index contributed by atoms with van der Waals surface area (Å²) in [6.45, 7) is 4.71. The lowest BCUT2D eigenvalue weighted by molar-refractivity contribution is 0.805. The number of benzene rings is 1. The van der Waals surface area contributed by atoms with E-state index in [1.54, 1.807) is 6.21 Å². The molecule has 1 aliphatic rings. The third-order valence-corrected chi connectivity index (χ3v) is 2.74. The van der Waals surface area contributed by atoms with Crippen molar-refractivity contribution in [2.75, 3.05) is 6.54 Å². The second-order valence-corrected chi connectivity index (χ2v) is 3.88. The molecule has 0 saturated carbocycles. The Labute approximate surface area is 95.3 Å². The summed E-state index contributed by atoms with van der Waals surface area (Å²) in [6, 6.07) is 8.03. The fraction of sp³-hybridized carbons (Fsp3) is 0.333. The van der Waals surface area contributed by atoms with Crippen molar-refractivity contribution in [3.8, 4) is 0 Å². The predicted molar refractivity (Wildman–Crippen MR) is 66.6 cm³/mol. The first-order chi connectivity index (χ1) is 7.68. The zero-order valence-electron chi connectivity index (χ0n) is 9.57. The maximum atomic E-state index is 6.37. The van der Waals surface area contributed by atoms with Gasteiger partial charge in [0.25, 0.3) is 0 Å². The highest BCUT2D eigenvalue weighted by atomic mass is 15.4. The first-order valence-corrected chi connectivity index (χ1v) is 5.38. The third-order valence-electron chi connectivity index (χ3n) is 2.74. The molecule has 1 atom stereocenters. The van der Waals surface area contributed by atoms with Crippen molar-refractivity contribution in [1.82, 2.24) is 5.43 Å². The number of amidine groups is 1. The van der Waals surface area contributed by atoms with E-state index in [1.807, 2.05) is 38.1 Å². The van der Waals surface area contributed by atoms with Crippen molar-refractivity contribution < 1.29 is 0 Å². The van der Waals surface area contributed by atoms with E-state index in [0.29, 0.717) is 12.4 Å². The topological polar surface area (TPSA) is 62.8 Å². The van der Waals surface area contributed by atoms with Crippen LogP contribution in [0.1, 0.15) is 18.1 Å².